The summed E-state index contributed by atoms with van der Waals surface area (Å²) in [6.07, 6.45) is 0.931. The molecule has 0 aromatic carbocycles. The van der Waals surface area contributed by atoms with Crippen molar-refractivity contribution < 1.29 is 19.7 Å². The minimum Gasteiger partial charge on any atom is -0.479 e. The molecule has 0 aliphatic heterocycles. The molecule has 1 rings (SSSR count). The maximum absolute atomic E-state index is 10.7. The molecular weight excluding hydrogens is 198 g/mol. The number of aliphatic hydroxyl groups excluding tert-OH is 1. The van der Waals surface area contributed by atoms with Crippen LogP contribution < -0.4 is 4.74 Å². The van der Waals surface area contributed by atoms with E-state index in [2.05, 4.69) is 4.98 Å². The monoisotopic (exact) mass is 211 g/mol. The van der Waals surface area contributed by atoms with Crippen LogP contribution in [-0.4, -0.2) is 27.3 Å². The van der Waals surface area contributed by atoms with Crippen LogP contribution in [0.5, 0.6) is 5.75 Å². The molecule has 1 unspecified atom stereocenters. The summed E-state index contributed by atoms with van der Waals surface area (Å²) in [5.74, 6) is -0.606. The highest BCUT2D eigenvalue weighted by atomic mass is 16.5. The summed E-state index contributed by atoms with van der Waals surface area (Å²) >= 11 is 0. The number of carboxylic acid groups (broad SMARTS) is 1. The number of carbonyl (C=O) groups is 1. The van der Waals surface area contributed by atoms with Gasteiger partial charge in [0.05, 0.1) is 18.5 Å². The molecule has 1 atom stereocenters. The fraction of sp³-hybridized carbons (Fsp3) is 0.400. The van der Waals surface area contributed by atoms with Gasteiger partial charge in [-0.15, -0.1) is 0 Å². The first-order valence-electron chi connectivity index (χ1n) is 4.62. The zero-order valence-corrected chi connectivity index (χ0v) is 8.38. The van der Waals surface area contributed by atoms with Gasteiger partial charge in [-0.05, 0) is 18.6 Å². The Morgan fingerprint density at radius 2 is 2.33 bits per heavy atom. The van der Waals surface area contributed by atoms with Gasteiger partial charge < -0.3 is 14.9 Å². The lowest BCUT2D eigenvalue weighted by atomic mass is 10.3. The van der Waals surface area contributed by atoms with E-state index in [0.717, 1.165) is 0 Å². The van der Waals surface area contributed by atoms with E-state index in [4.69, 9.17) is 14.9 Å². The highest BCUT2D eigenvalue weighted by Gasteiger charge is 2.16. The summed E-state index contributed by atoms with van der Waals surface area (Å²) in [7, 11) is 0. The zero-order chi connectivity index (χ0) is 11.3. The zero-order valence-electron chi connectivity index (χ0n) is 8.38. The van der Waals surface area contributed by atoms with Gasteiger partial charge in [-0.3, -0.25) is 4.98 Å². The third-order valence-corrected chi connectivity index (χ3v) is 1.88. The number of nitrogens with zero attached hydrogens (tertiary/aromatic N) is 1. The van der Waals surface area contributed by atoms with E-state index in [-0.39, 0.29) is 6.61 Å². The largest absolute Gasteiger partial charge is 0.479 e. The number of pyridine rings is 1. The predicted molar refractivity (Wildman–Crippen MR) is 52.5 cm³/mol. The van der Waals surface area contributed by atoms with Gasteiger partial charge in [0.1, 0.15) is 5.75 Å². The molecule has 0 saturated carbocycles. The predicted octanol–water partition coefficient (Wildman–Crippen LogP) is 0.816. The van der Waals surface area contributed by atoms with Crippen molar-refractivity contribution in [2.24, 2.45) is 0 Å². The maximum atomic E-state index is 10.7. The third kappa shape index (κ3) is 3.21. The first-order chi connectivity index (χ1) is 7.17. The van der Waals surface area contributed by atoms with E-state index in [9.17, 15) is 4.79 Å². The molecular formula is C10H13NO4. The van der Waals surface area contributed by atoms with Crippen LogP contribution in [0.3, 0.4) is 0 Å². The second kappa shape index (κ2) is 5.31. The molecule has 5 heteroatoms. The Morgan fingerprint density at radius 1 is 1.60 bits per heavy atom. The van der Waals surface area contributed by atoms with E-state index in [1.165, 1.54) is 6.20 Å². The molecule has 15 heavy (non-hydrogen) atoms. The van der Waals surface area contributed by atoms with Gasteiger partial charge in [0, 0.05) is 0 Å². The van der Waals surface area contributed by atoms with Crippen molar-refractivity contribution in [3.8, 4) is 5.75 Å². The molecule has 1 aromatic rings. The number of hydrogen-bond donors (Lipinski definition) is 2. The van der Waals surface area contributed by atoms with Gasteiger partial charge in [0.25, 0.3) is 0 Å². The molecule has 0 radical (unpaired) electrons. The van der Waals surface area contributed by atoms with E-state index >= 15 is 0 Å². The molecule has 2 N–H and O–H groups in total. The molecule has 5 nitrogen and oxygen atoms in total. The summed E-state index contributed by atoms with van der Waals surface area (Å²) < 4.78 is 5.18. The summed E-state index contributed by atoms with van der Waals surface area (Å²) in [6, 6.07) is 3.17. The SMILES string of the molecule is CCC(Oc1ccc(CO)nc1)C(=O)O. The fourth-order valence-electron chi connectivity index (χ4n) is 1.05. The summed E-state index contributed by atoms with van der Waals surface area (Å²) in [5, 5.41) is 17.5. The van der Waals surface area contributed by atoms with Crippen LogP contribution in [0.2, 0.25) is 0 Å². The van der Waals surface area contributed by atoms with Crippen LogP contribution in [0.1, 0.15) is 19.0 Å². The van der Waals surface area contributed by atoms with Gasteiger partial charge in [-0.2, -0.15) is 0 Å². The Bertz CT molecular complexity index is 323. The van der Waals surface area contributed by atoms with Crippen LogP contribution >= 0.6 is 0 Å². The fourth-order valence-corrected chi connectivity index (χ4v) is 1.05. The Kier molecular flexibility index (Phi) is 4.05. The Labute approximate surface area is 87.3 Å². The van der Waals surface area contributed by atoms with Crippen molar-refractivity contribution in [2.75, 3.05) is 0 Å². The highest BCUT2D eigenvalue weighted by Crippen LogP contribution is 2.12. The first kappa shape index (κ1) is 11.5. The van der Waals surface area contributed by atoms with E-state index in [1.54, 1.807) is 19.1 Å². The van der Waals surface area contributed by atoms with Crippen LogP contribution in [0.15, 0.2) is 18.3 Å². The van der Waals surface area contributed by atoms with Gasteiger partial charge in [-0.25, -0.2) is 4.79 Å². The Hall–Kier alpha value is -1.62. The van der Waals surface area contributed by atoms with Crippen LogP contribution in [0, 0.1) is 0 Å². The summed E-state index contributed by atoms with van der Waals surface area (Å²) in [6.45, 7) is 1.59. The lowest BCUT2D eigenvalue weighted by Gasteiger charge is -2.12. The summed E-state index contributed by atoms with van der Waals surface area (Å²) in [5.41, 5.74) is 0.519. The van der Waals surface area contributed by atoms with Crippen LogP contribution in [-0.2, 0) is 11.4 Å². The average molecular weight is 211 g/mol. The standard InChI is InChI=1S/C10H13NO4/c1-2-9(10(13)14)15-8-4-3-7(6-12)11-5-8/h3-5,9,12H,2,6H2,1H3,(H,13,14). The average Bonchev–Trinajstić information content (AvgIpc) is 2.26. The van der Waals surface area contributed by atoms with Gasteiger partial charge in [0.15, 0.2) is 6.10 Å². The molecule has 0 spiro atoms. The van der Waals surface area contributed by atoms with Crippen molar-refractivity contribution in [1.82, 2.24) is 4.98 Å². The lowest BCUT2D eigenvalue weighted by Crippen LogP contribution is -2.25. The summed E-state index contributed by atoms with van der Waals surface area (Å²) in [4.78, 5) is 14.5. The molecule has 0 fully saturated rings. The molecule has 0 aliphatic rings. The molecule has 1 aromatic heterocycles. The Balaban J connectivity index is 2.67. The van der Waals surface area contributed by atoms with Gasteiger partial charge in [0.2, 0.25) is 0 Å². The van der Waals surface area contributed by atoms with Crippen molar-refractivity contribution in [1.29, 1.82) is 0 Å². The minimum absolute atomic E-state index is 0.142. The highest BCUT2D eigenvalue weighted by molar-refractivity contribution is 5.72. The maximum Gasteiger partial charge on any atom is 0.344 e. The van der Waals surface area contributed by atoms with Crippen molar-refractivity contribution >= 4 is 5.97 Å². The molecule has 0 aliphatic carbocycles. The second-order valence-electron chi connectivity index (χ2n) is 3.00. The number of hydrogen-bond acceptors (Lipinski definition) is 4. The number of rotatable bonds is 5. The van der Waals surface area contributed by atoms with E-state index in [1.807, 2.05) is 0 Å². The lowest BCUT2D eigenvalue weighted by molar-refractivity contribution is -0.145. The van der Waals surface area contributed by atoms with E-state index in [0.29, 0.717) is 17.9 Å². The minimum atomic E-state index is -0.997. The van der Waals surface area contributed by atoms with Crippen molar-refractivity contribution in [3.63, 3.8) is 0 Å². The number of aliphatic hydroxyl groups is 1. The molecule has 1 heterocycles. The van der Waals surface area contributed by atoms with Crippen LogP contribution in [0.4, 0.5) is 0 Å². The van der Waals surface area contributed by atoms with E-state index < -0.39 is 12.1 Å². The smallest absolute Gasteiger partial charge is 0.344 e. The number of carboxylic acids is 1. The first-order valence-corrected chi connectivity index (χ1v) is 4.62. The quantitative estimate of drug-likeness (QED) is 0.753. The Morgan fingerprint density at radius 3 is 2.73 bits per heavy atom. The third-order valence-electron chi connectivity index (χ3n) is 1.88. The molecule has 0 saturated heterocycles. The van der Waals surface area contributed by atoms with Gasteiger partial charge in [-0.1, -0.05) is 6.92 Å². The normalized spacial score (nSPS) is 12.1. The molecule has 0 amide bonds. The van der Waals surface area contributed by atoms with Crippen LogP contribution in [0.25, 0.3) is 0 Å². The number of aromatic nitrogens is 1. The van der Waals surface area contributed by atoms with Crippen molar-refractivity contribution in [3.05, 3.63) is 24.0 Å². The topological polar surface area (TPSA) is 79.7 Å². The van der Waals surface area contributed by atoms with Gasteiger partial charge >= 0.3 is 5.97 Å². The second-order valence-corrected chi connectivity index (χ2v) is 3.00. The molecule has 82 valence electrons. The number of ether oxygens (including phenoxy) is 1. The van der Waals surface area contributed by atoms with Crippen molar-refractivity contribution in [2.45, 2.75) is 26.1 Å². The number of aliphatic carboxylic acids is 1. The molecule has 0 bridgehead atoms.